The largest absolute Gasteiger partial charge is 0.478 e. The predicted molar refractivity (Wildman–Crippen MR) is 47.5 cm³/mol. The highest BCUT2D eigenvalue weighted by molar-refractivity contribution is 6.02. The third-order valence-electron chi connectivity index (χ3n) is 1.86. The molecule has 0 atom stereocenters. The van der Waals surface area contributed by atoms with E-state index >= 15 is 0 Å². The average molecular weight is 177 g/mol. The van der Waals surface area contributed by atoms with Gasteiger partial charge in [-0.3, -0.25) is 0 Å². The number of aromatic amines is 1. The maximum Gasteiger partial charge on any atom is 0.339 e. The van der Waals surface area contributed by atoms with Gasteiger partial charge in [-0.05, 0) is 6.07 Å². The lowest BCUT2D eigenvalue weighted by Gasteiger charge is -2.00. The summed E-state index contributed by atoms with van der Waals surface area (Å²) in [6, 6.07) is 1.70. The van der Waals surface area contributed by atoms with Gasteiger partial charge in [0.1, 0.15) is 11.2 Å². The molecular formula is C8H7N3O2. The van der Waals surface area contributed by atoms with Crippen LogP contribution in [0.2, 0.25) is 0 Å². The van der Waals surface area contributed by atoms with Gasteiger partial charge in [-0.2, -0.15) is 0 Å². The summed E-state index contributed by atoms with van der Waals surface area (Å²) in [4.78, 5) is 17.4. The Morgan fingerprint density at radius 1 is 1.62 bits per heavy atom. The van der Waals surface area contributed by atoms with Crippen LogP contribution in [0.1, 0.15) is 10.4 Å². The van der Waals surface area contributed by atoms with Crippen molar-refractivity contribution >= 4 is 22.7 Å². The number of anilines is 1. The van der Waals surface area contributed by atoms with Gasteiger partial charge in [0.15, 0.2) is 0 Å². The van der Waals surface area contributed by atoms with E-state index in [1.54, 1.807) is 12.3 Å². The summed E-state index contributed by atoms with van der Waals surface area (Å²) in [5.41, 5.74) is 6.51. The molecule has 4 N–H and O–H groups in total. The minimum atomic E-state index is -1.06. The van der Waals surface area contributed by atoms with Crippen molar-refractivity contribution in [3.8, 4) is 0 Å². The third kappa shape index (κ3) is 1.01. The second-order valence-electron chi connectivity index (χ2n) is 2.63. The molecule has 2 aromatic heterocycles. The summed E-state index contributed by atoms with van der Waals surface area (Å²) < 4.78 is 0. The van der Waals surface area contributed by atoms with Crippen LogP contribution in [0, 0.1) is 0 Å². The molecule has 0 unspecified atom stereocenters. The van der Waals surface area contributed by atoms with Crippen LogP contribution in [0.25, 0.3) is 11.0 Å². The molecule has 0 fully saturated rings. The number of hydrogen-bond donors (Lipinski definition) is 3. The molecular weight excluding hydrogens is 170 g/mol. The number of nitrogens with one attached hydrogen (secondary N) is 1. The van der Waals surface area contributed by atoms with Crippen LogP contribution in [-0.2, 0) is 0 Å². The molecule has 2 aromatic rings. The van der Waals surface area contributed by atoms with Crippen molar-refractivity contribution in [2.24, 2.45) is 0 Å². The third-order valence-corrected chi connectivity index (χ3v) is 1.86. The summed E-state index contributed by atoms with van der Waals surface area (Å²) >= 11 is 0. The Labute approximate surface area is 73.2 Å². The summed E-state index contributed by atoms with van der Waals surface area (Å²) in [5, 5.41) is 9.37. The Kier molecular flexibility index (Phi) is 1.45. The summed E-state index contributed by atoms with van der Waals surface area (Å²) in [5.74, 6) is -1.06. The highest BCUT2D eigenvalue weighted by atomic mass is 16.4. The fourth-order valence-corrected chi connectivity index (χ4v) is 1.20. The molecule has 13 heavy (non-hydrogen) atoms. The first-order valence-electron chi connectivity index (χ1n) is 3.65. The Hall–Kier alpha value is -2.04. The molecule has 0 saturated carbocycles. The molecule has 0 aliphatic heterocycles. The Morgan fingerprint density at radius 2 is 2.38 bits per heavy atom. The number of rotatable bonds is 1. The van der Waals surface area contributed by atoms with Crippen molar-refractivity contribution in [3.05, 3.63) is 24.0 Å². The zero-order chi connectivity index (χ0) is 9.42. The normalized spacial score (nSPS) is 10.5. The van der Waals surface area contributed by atoms with Gasteiger partial charge < -0.3 is 15.8 Å². The molecule has 0 aliphatic rings. The molecule has 66 valence electrons. The summed E-state index contributed by atoms with van der Waals surface area (Å²) in [6.45, 7) is 0. The minimum absolute atomic E-state index is 0.0344. The Bertz CT molecular complexity index is 475. The van der Waals surface area contributed by atoms with E-state index < -0.39 is 5.97 Å². The number of nitrogens with two attached hydrogens (primary N) is 1. The monoisotopic (exact) mass is 177 g/mol. The molecule has 5 heteroatoms. The topological polar surface area (TPSA) is 92.0 Å². The summed E-state index contributed by atoms with van der Waals surface area (Å²) in [7, 11) is 0. The molecule has 2 heterocycles. The van der Waals surface area contributed by atoms with Crippen molar-refractivity contribution in [1.29, 1.82) is 0 Å². The van der Waals surface area contributed by atoms with Crippen LogP contribution < -0.4 is 5.73 Å². The number of aromatic nitrogens is 2. The Morgan fingerprint density at radius 3 is 3.08 bits per heavy atom. The minimum Gasteiger partial charge on any atom is -0.478 e. The number of aromatic carboxylic acids is 1. The highest BCUT2D eigenvalue weighted by Gasteiger charge is 2.11. The van der Waals surface area contributed by atoms with Crippen molar-refractivity contribution in [1.82, 2.24) is 9.97 Å². The zero-order valence-electron chi connectivity index (χ0n) is 6.61. The standard InChI is InChI=1S/C8H7N3O2/c9-6-4-1-2-10-7(4)11-3-5(6)8(12)13/h1-3H,(H,12,13)(H3,9,10,11). The van der Waals surface area contributed by atoms with E-state index in [4.69, 9.17) is 10.8 Å². The number of H-pyrrole nitrogens is 1. The van der Waals surface area contributed by atoms with Gasteiger partial charge in [-0.15, -0.1) is 0 Å². The van der Waals surface area contributed by atoms with Crippen molar-refractivity contribution in [2.45, 2.75) is 0 Å². The van der Waals surface area contributed by atoms with Gasteiger partial charge >= 0.3 is 5.97 Å². The first-order chi connectivity index (χ1) is 6.20. The van der Waals surface area contributed by atoms with E-state index in [0.29, 0.717) is 11.0 Å². The zero-order valence-corrected chi connectivity index (χ0v) is 6.61. The maximum absolute atomic E-state index is 10.7. The number of nitrogen functional groups attached to an aromatic ring is 1. The van der Waals surface area contributed by atoms with Crippen LogP contribution in [0.5, 0.6) is 0 Å². The van der Waals surface area contributed by atoms with Gasteiger partial charge in [0.2, 0.25) is 0 Å². The predicted octanol–water partition coefficient (Wildman–Crippen LogP) is 0.843. The van der Waals surface area contributed by atoms with E-state index in [0.717, 1.165) is 0 Å². The van der Waals surface area contributed by atoms with Crippen LogP contribution in [-0.4, -0.2) is 21.0 Å². The molecule has 5 nitrogen and oxygen atoms in total. The molecule has 0 aromatic carbocycles. The van der Waals surface area contributed by atoms with Crippen molar-refractivity contribution in [3.63, 3.8) is 0 Å². The Balaban J connectivity index is 2.80. The molecule has 0 aliphatic carbocycles. The number of carboxylic acids is 1. The van der Waals surface area contributed by atoms with Crippen LogP contribution in [0.4, 0.5) is 5.69 Å². The molecule has 0 spiro atoms. The molecule has 2 rings (SSSR count). The van der Waals surface area contributed by atoms with Crippen LogP contribution in [0.15, 0.2) is 18.5 Å². The van der Waals surface area contributed by atoms with Crippen molar-refractivity contribution in [2.75, 3.05) is 5.73 Å². The van der Waals surface area contributed by atoms with Gasteiger partial charge in [0, 0.05) is 17.8 Å². The second-order valence-corrected chi connectivity index (χ2v) is 2.63. The van der Waals surface area contributed by atoms with E-state index in [9.17, 15) is 4.79 Å². The van der Waals surface area contributed by atoms with Gasteiger partial charge in [-0.25, -0.2) is 9.78 Å². The quantitative estimate of drug-likeness (QED) is 0.601. The van der Waals surface area contributed by atoms with E-state index in [1.807, 2.05) is 0 Å². The summed E-state index contributed by atoms with van der Waals surface area (Å²) in [6.07, 6.45) is 2.91. The number of fused-ring (bicyclic) bond motifs is 1. The maximum atomic E-state index is 10.7. The fraction of sp³-hybridized carbons (Fsp3) is 0. The number of nitrogens with zero attached hydrogens (tertiary/aromatic N) is 1. The molecule has 0 radical (unpaired) electrons. The van der Waals surface area contributed by atoms with Crippen LogP contribution >= 0.6 is 0 Å². The number of hydrogen-bond acceptors (Lipinski definition) is 3. The van der Waals surface area contributed by atoms with E-state index in [-0.39, 0.29) is 11.3 Å². The number of pyridine rings is 1. The lowest BCUT2D eigenvalue weighted by Crippen LogP contribution is -2.03. The molecule has 0 amide bonds. The first kappa shape index (κ1) is 7.60. The van der Waals surface area contributed by atoms with E-state index in [2.05, 4.69) is 9.97 Å². The van der Waals surface area contributed by atoms with E-state index in [1.165, 1.54) is 6.20 Å². The average Bonchev–Trinajstić information content (AvgIpc) is 2.52. The van der Waals surface area contributed by atoms with Gasteiger partial charge in [-0.1, -0.05) is 0 Å². The SMILES string of the molecule is Nc1c(C(=O)O)cnc2[nH]ccc12. The molecule has 0 bridgehead atoms. The second kappa shape index (κ2) is 2.48. The van der Waals surface area contributed by atoms with Crippen molar-refractivity contribution < 1.29 is 9.90 Å². The fourth-order valence-electron chi connectivity index (χ4n) is 1.20. The van der Waals surface area contributed by atoms with Gasteiger partial charge in [0.05, 0.1) is 5.69 Å². The number of carboxylic acid groups (broad SMARTS) is 1. The van der Waals surface area contributed by atoms with Gasteiger partial charge in [0.25, 0.3) is 0 Å². The smallest absolute Gasteiger partial charge is 0.339 e. The highest BCUT2D eigenvalue weighted by Crippen LogP contribution is 2.21. The lowest BCUT2D eigenvalue weighted by atomic mass is 10.2. The molecule has 0 saturated heterocycles. The van der Waals surface area contributed by atoms with Crippen LogP contribution in [0.3, 0.4) is 0 Å². The number of carbonyl (C=O) groups is 1. The lowest BCUT2D eigenvalue weighted by molar-refractivity contribution is 0.0698. The first-order valence-corrected chi connectivity index (χ1v) is 3.65.